The molecule has 1 aromatic heterocycles. The maximum absolute atomic E-state index is 13.4. The number of fused-ring (bicyclic) bond motifs is 3. The van der Waals surface area contributed by atoms with E-state index in [4.69, 9.17) is 9.84 Å². The maximum atomic E-state index is 13.4. The Bertz CT molecular complexity index is 1160. The molecular formula is C27H38N6O8. The minimum absolute atomic E-state index is 0.0855. The zero-order valence-corrected chi connectivity index (χ0v) is 23.6. The van der Waals surface area contributed by atoms with Gasteiger partial charge in [0.1, 0.15) is 18.4 Å². The largest absolute Gasteiger partial charge is 0.490 e. The third kappa shape index (κ3) is 8.88. The molecule has 1 aromatic rings. The number of aliphatic carboxylic acids is 1. The topological polar surface area (TPSA) is 179 Å². The Morgan fingerprint density at radius 2 is 1.76 bits per heavy atom. The van der Waals surface area contributed by atoms with Crippen LogP contribution >= 0.6 is 0 Å². The number of unbranched alkanes of at least 4 members (excludes halogenated alkanes) is 1. The summed E-state index contributed by atoms with van der Waals surface area (Å²) in [4.78, 5) is 83.8. The van der Waals surface area contributed by atoms with Gasteiger partial charge in [0.25, 0.3) is 5.91 Å². The van der Waals surface area contributed by atoms with Gasteiger partial charge in [-0.1, -0.05) is 13.3 Å². The predicted molar refractivity (Wildman–Crippen MR) is 145 cm³/mol. The molecule has 224 valence electrons. The van der Waals surface area contributed by atoms with Crippen LogP contribution < -0.4 is 15.4 Å². The lowest BCUT2D eigenvalue weighted by Crippen LogP contribution is -2.55. The first-order valence-corrected chi connectivity index (χ1v) is 13.7. The number of carbonyl (C=O) groups is 6. The van der Waals surface area contributed by atoms with E-state index in [2.05, 4.69) is 15.6 Å². The molecule has 14 nitrogen and oxygen atoms in total. The van der Waals surface area contributed by atoms with Crippen molar-refractivity contribution in [2.24, 2.45) is 0 Å². The van der Waals surface area contributed by atoms with Crippen LogP contribution in [0.25, 0.3) is 0 Å². The highest BCUT2D eigenvalue weighted by atomic mass is 16.5. The zero-order chi connectivity index (χ0) is 30.1. The lowest BCUT2D eigenvalue weighted by molar-refractivity contribution is -0.142. The molecule has 5 amide bonds. The molecule has 0 saturated carbocycles. The summed E-state index contributed by atoms with van der Waals surface area (Å²) in [5, 5.41) is 14.4. The Morgan fingerprint density at radius 1 is 1.02 bits per heavy atom. The van der Waals surface area contributed by atoms with Gasteiger partial charge in [-0.15, -0.1) is 0 Å². The Morgan fingerprint density at radius 3 is 2.46 bits per heavy atom. The minimum Gasteiger partial charge on any atom is -0.490 e. The van der Waals surface area contributed by atoms with Gasteiger partial charge in [-0.3, -0.25) is 33.8 Å². The number of likely N-dealkylation sites (N-methyl/N-ethyl adjacent to an activating group) is 2. The summed E-state index contributed by atoms with van der Waals surface area (Å²) in [5.41, 5.74) is 0.192. The van der Waals surface area contributed by atoms with E-state index in [9.17, 15) is 28.8 Å². The van der Waals surface area contributed by atoms with Crippen molar-refractivity contribution in [3.63, 3.8) is 0 Å². The van der Waals surface area contributed by atoms with E-state index in [0.717, 1.165) is 17.7 Å². The van der Waals surface area contributed by atoms with E-state index in [1.807, 2.05) is 6.92 Å². The summed E-state index contributed by atoms with van der Waals surface area (Å²) in [6.45, 7) is 1.76. The number of nitrogens with zero attached hydrogens (tertiary/aromatic N) is 4. The molecule has 3 N–H and O–H groups in total. The molecule has 0 radical (unpaired) electrons. The molecule has 0 aromatic carbocycles. The van der Waals surface area contributed by atoms with Crippen LogP contribution in [-0.4, -0.2) is 119 Å². The third-order valence-electron chi connectivity index (χ3n) is 7.01. The predicted octanol–water partition coefficient (Wildman–Crippen LogP) is -0.370. The maximum Gasteiger partial charge on any atom is 0.303 e. The van der Waals surface area contributed by atoms with Gasteiger partial charge in [-0.05, 0) is 18.9 Å². The van der Waals surface area contributed by atoms with E-state index in [1.165, 1.54) is 37.5 Å². The Labute approximate surface area is 238 Å². The Kier molecular flexibility index (Phi) is 11.0. The van der Waals surface area contributed by atoms with Gasteiger partial charge in [-0.2, -0.15) is 0 Å². The Balaban J connectivity index is 1.87. The molecule has 2 aliphatic heterocycles. The molecule has 1 saturated heterocycles. The van der Waals surface area contributed by atoms with Crippen molar-refractivity contribution < 1.29 is 38.6 Å². The van der Waals surface area contributed by atoms with E-state index in [-0.39, 0.29) is 56.1 Å². The first-order chi connectivity index (χ1) is 19.5. The summed E-state index contributed by atoms with van der Waals surface area (Å²) >= 11 is 0. The molecule has 2 bridgehead atoms. The fraction of sp³-hybridized carbons (Fsp3) is 0.593. The first kappa shape index (κ1) is 31.3. The molecule has 1 fully saturated rings. The zero-order valence-electron chi connectivity index (χ0n) is 23.6. The van der Waals surface area contributed by atoms with Gasteiger partial charge in [0.15, 0.2) is 0 Å². The van der Waals surface area contributed by atoms with Crippen LogP contribution in [0.1, 0.15) is 55.8 Å². The summed E-state index contributed by atoms with van der Waals surface area (Å²) in [6, 6.07) is -0.440. The van der Waals surface area contributed by atoms with Gasteiger partial charge in [0, 0.05) is 52.3 Å². The van der Waals surface area contributed by atoms with E-state index in [0.29, 0.717) is 18.6 Å². The molecule has 14 heteroatoms. The summed E-state index contributed by atoms with van der Waals surface area (Å²) in [5.74, 6) is -3.11. The number of nitrogens with one attached hydrogen (secondary N) is 2. The second-order valence-corrected chi connectivity index (χ2v) is 10.4. The average molecular weight is 575 g/mol. The summed E-state index contributed by atoms with van der Waals surface area (Å²) < 4.78 is 5.93. The molecule has 2 aliphatic rings. The van der Waals surface area contributed by atoms with Crippen molar-refractivity contribution in [1.82, 2.24) is 30.3 Å². The third-order valence-corrected chi connectivity index (χ3v) is 7.01. The van der Waals surface area contributed by atoms with Crippen LogP contribution in [0, 0.1) is 0 Å². The highest BCUT2D eigenvalue weighted by molar-refractivity contribution is 5.95. The van der Waals surface area contributed by atoms with Crippen LogP contribution in [0.15, 0.2) is 18.5 Å². The number of amides is 5. The number of ether oxygens (including phenoxy) is 1. The molecule has 0 spiro atoms. The van der Waals surface area contributed by atoms with Crippen molar-refractivity contribution in [1.29, 1.82) is 0 Å². The molecule has 0 aliphatic carbocycles. The highest BCUT2D eigenvalue weighted by Crippen LogP contribution is 2.22. The monoisotopic (exact) mass is 574 g/mol. The van der Waals surface area contributed by atoms with Crippen molar-refractivity contribution >= 4 is 35.5 Å². The van der Waals surface area contributed by atoms with E-state index in [1.54, 1.807) is 4.90 Å². The van der Waals surface area contributed by atoms with Gasteiger partial charge >= 0.3 is 5.97 Å². The summed E-state index contributed by atoms with van der Waals surface area (Å²) in [7, 11) is 2.86. The lowest BCUT2D eigenvalue weighted by Gasteiger charge is -2.30. The van der Waals surface area contributed by atoms with Gasteiger partial charge in [0.05, 0.1) is 30.8 Å². The van der Waals surface area contributed by atoms with E-state index >= 15 is 0 Å². The smallest absolute Gasteiger partial charge is 0.303 e. The number of aromatic nitrogens is 1. The van der Waals surface area contributed by atoms with Crippen LogP contribution in [0.5, 0.6) is 5.75 Å². The van der Waals surface area contributed by atoms with Gasteiger partial charge in [-0.25, -0.2) is 0 Å². The number of hydrogen-bond donors (Lipinski definition) is 3. The van der Waals surface area contributed by atoms with Crippen LogP contribution in [0.3, 0.4) is 0 Å². The summed E-state index contributed by atoms with van der Waals surface area (Å²) in [6.07, 6.45) is 4.48. The molecule has 3 heterocycles. The normalized spacial score (nSPS) is 21.9. The van der Waals surface area contributed by atoms with Crippen molar-refractivity contribution in [3.8, 4) is 5.75 Å². The fourth-order valence-corrected chi connectivity index (χ4v) is 4.82. The van der Waals surface area contributed by atoms with Gasteiger partial charge < -0.3 is 35.2 Å². The molecule has 0 unspecified atom stereocenters. The standard InChI is InChI=1S/C27H38N6O8/c1-4-5-6-22(34)29-18-10-19-16-41-20-9-17(11-28-12-20)26(39)31(2)14-21(30-23(35)7-8-25(37)38)27(40)32(3)15-24(36)33(19)13-18/h9,11-12,18-19,21H,4-8,10,13-16H2,1-3H3,(H,29,34)(H,30,35)(H,37,38)/t18-,19-,21-/m0/s1. The second kappa shape index (κ2) is 14.4. The number of carboxylic acids is 1. The van der Waals surface area contributed by atoms with Crippen molar-refractivity contribution in [3.05, 3.63) is 24.0 Å². The number of hydrogen-bond acceptors (Lipinski definition) is 8. The molecule has 3 rings (SSSR count). The van der Waals surface area contributed by atoms with Crippen molar-refractivity contribution in [2.45, 2.75) is 63.6 Å². The number of carbonyl (C=O) groups excluding carboxylic acids is 5. The molecule has 3 atom stereocenters. The fourth-order valence-electron chi connectivity index (χ4n) is 4.82. The van der Waals surface area contributed by atoms with E-state index < -0.39 is 42.2 Å². The molecular weight excluding hydrogens is 536 g/mol. The Hall–Kier alpha value is -4.23. The first-order valence-electron chi connectivity index (χ1n) is 13.7. The molecule has 41 heavy (non-hydrogen) atoms. The average Bonchev–Trinajstić information content (AvgIpc) is 3.34. The quantitative estimate of drug-likeness (QED) is 0.374. The number of rotatable bonds is 8. The van der Waals surface area contributed by atoms with Crippen LogP contribution in [-0.2, 0) is 24.0 Å². The number of carboxylic acid groups (broad SMARTS) is 1. The van der Waals surface area contributed by atoms with Gasteiger partial charge in [0.2, 0.25) is 23.6 Å². The van der Waals surface area contributed by atoms with Crippen LogP contribution in [0.2, 0.25) is 0 Å². The van der Waals surface area contributed by atoms with Crippen molar-refractivity contribution in [2.75, 3.05) is 40.3 Å². The number of pyridine rings is 1. The second-order valence-electron chi connectivity index (χ2n) is 10.4. The lowest BCUT2D eigenvalue weighted by atomic mass is 10.1. The highest BCUT2D eigenvalue weighted by Gasteiger charge is 2.38. The SMILES string of the molecule is CCCCC(=O)N[C@H]1C[C@H]2COc3cncc(c3)C(=O)N(C)C[C@H](NC(=O)CCC(=O)O)C(=O)N(C)CC(=O)N2C1. The minimum atomic E-state index is -1.24. The van der Waals surface area contributed by atoms with Crippen LogP contribution in [0.4, 0.5) is 0 Å².